The first-order chi connectivity index (χ1) is 7.40. The summed E-state index contributed by atoms with van der Waals surface area (Å²) in [5.41, 5.74) is 0. The van der Waals surface area contributed by atoms with Crippen molar-refractivity contribution in [3.05, 3.63) is 12.4 Å². The van der Waals surface area contributed by atoms with E-state index in [1.807, 2.05) is 12.4 Å². The highest BCUT2D eigenvalue weighted by Gasteiger charge is 2.13. The van der Waals surface area contributed by atoms with Gasteiger partial charge >= 0.3 is 0 Å². The van der Waals surface area contributed by atoms with E-state index in [2.05, 4.69) is 11.5 Å². The van der Waals surface area contributed by atoms with Crippen LogP contribution >= 0.6 is 0 Å². The number of aryl methyl sites for hydroxylation is 1. The van der Waals surface area contributed by atoms with E-state index in [0.717, 1.165) is 18.0 Å². The number of nitrogens with zero attached hydrogens (tertiary/aromatic N) is 1. The summed E-state index contributed by atoms with van der Waals surface area (Å²) in [6, 6.07) is 0. The lowest BCUT2D eigenvalue weighted by Gasteiger charge is -2.13. The van der Waals surface area contributed by atoms with Crippen molar-refractivity contribution < 1.29 is 9.47 Å². The van der Waals surface area contributed by atoms with Crippen LogP contribution in [0.5, 0.6) is 11.5 Å². The number of hydrogen-bond donors (Lipinski definition) is 0. The summed E-state index contributed by atoms with van der Waals surface area (Å²) in [5, 5.41) is 0. The summed E-state index contributed by atoms with van der Waals surface area (Å²) in [7, 11) is 0. The van der Waals surface area contributed by atoms with Crippen LogP contribution < -0.4 is 9.47 Å². The van der Waals surface area contributed by atoms with Crippen molar-refractivity contribution in [3.63, 3.8) is 0 Å². The summed E-state index contributed by atoms with van der Waals surface area (Å²) in [6.07, 6.45) is 9.24. The van der Waals surface area contributed by atoms with E-state index in [1.54, 1.807) is 0 Å². The van der Waals surface area contributed by atoms with Crippen molar-refractivity contribution in [3.8, 4) is 11.5 Å². The molecule has 0 saturated heterocycles. The Kier molecular flexibility index (Phi) is 3.54. The number of hydrogen-bond acceptors (Lipinski definition) is 2. The number of fused-ring (bicyclic) bond motifs is 1. The Morgan fingerprint density at radius 1 is 1.07 bits per heavy atom. The minimum atomic E-state index is 0.673. The Hall–Kier alpha value is -1.12. The van der Waals surface area contributed by atoms with Crippen LogP contribution in [0.3, 0.4) is 0 Å². The molecule has 0 aliphatic carbocycles. The van der Waals surface area contributed by atoms with Crippen LogP contribution in [-0.4, -0.2) is 17.8 Å². The lowest BCUT2D eigenvalue weighted by atomic mass is 10.2. The summed E-state index contributed by atoms with van der Waals surface area (Å²) in [4.78, 5) is 0. The van der Waals surface area contributed by atoms with Gasteiger partial charge in [-0.2, -0.15) is 0 Å². The van der Waals surface area contributed by atoms with Crippen molar-refractivity contribution in [2.75, 3.05) is 13.2 Å². The molecule has 0 radical (unpaired) electrons. The van der Waals surface area contributed by atoms with E-state index in [9.17, 15) is 0 Å². The Balaban J connectivity index is 1.84. The van der Waals surface area contributed by atoms with Gasteiger partial charge in [0.15, 0.2) is 11.5 Å². The molecule has 3 nitrogen and oxygen atoms in total. The van der Waals surface area contributed by atoms with Gasteiger partial charge in [-0.05, 0) is 6.42 Å². The van der Waals surface area contributed by atoms with Crippen molar-refractivity contribution in [2.45, 2.75) is 39.2 Å². The summed E-state index contributed by atoms with van der Waals surface area (Å²) in [5.74, 6) is 1.80. The van der Waals surface area contributed by atoms with Crippen LogP contribution in [0.4, 0.5) is 0 Å². The second-order valence-electron chi connectivity index (χ2n) is 3.98. The molecule has 1 aromatic heterocycles. The smallest absolute Gasteiger partial charge is 0.179 e. The third-order valence-corrected chi connectivity index (χ3v) is 2.68. The molecule has 0 N–H and O–H groups in total. The first kappa shape index (κ1) is 10.4. The van der Waals surface area contributed by atoms with E-state index in [0.29, 0.717) is 13.2 Å². The molecular weight excluding hydrogens is 190 g/mol. The summed E-state index contributed by atoms with van der Waals surface area (Å²) in [6.45, 7) is 4.65. The van der Waals surface area contributed by atoms with Gasteiger partial charge in [0.05, 0.1) is 0 Å². The van der Waals surface area contributed by atoms with Crippen LogP contribution in [0.25, 0.3) is 0 Å². The standard InChI is InChI=1S/C12H19NO2/c1-2-3-4-5-6-13-9-11-12(10-13)15-8-7-14-11/h9-10H,2-8H2,1H3. The van der Waals surface area contributed by atoms with Crippen LogP contribution in [0.15, 0.2) is 12.4 Å². The van der Waals surface area contributed by atoms with Crippen LogP contribution in [0.2, 0.25) is 0 Å². The van der Waals surface area contributed by atoms with E-state index < -0.39 is 0 Å². The molecule has 0 fully saturated rings. The molecule has 1 aromatic rings. The van der Waals surface area contributed by atoms with Crippen molar-refractivity contribution in [2.24, 2.45) is 0 Å². The average molecular weight is 209 g/mol. The zero-order valence-corrected chi connectivity index (χ0v) is 9.37. The summed E-state index contributed by atoms with van der Waals surface area (Å²) < 4.78 is 13.1. The largest absolute Gasteiger partial charge is 0.485 e. The molecule has 1 aliphatic heterocycles. The van der Waals surface area contributed by atoms with Gasteiger partial charge in [-0.15, -0.1) is 0 Å². The fraction of sp³-hybridized carbons (Fsp3) is 0.667. The second kappa shape index (κ2) is 5.10. The molecule has 0 saturated carbocycles. The number of aromatic nitrogens is 1. The van der Waals surface area contributed by atoms with E-state index in [4.69, 9.17) is 9.47 Å². The average Bonchev–Trinajstić information content (AvgIpc) is 2.67. The molecule has 0 bridgehead atoms. The summed E-state index contributed by atoms with van der Waals surface area (Å²) >= 11 is 0. The van der Waals surface area contributed by atoms with E-state index >= 15 is 0 Å². The molecule has 2 heterocycles. The highest BCUT2D eigenvalue weighted by atomic mass is 16.6. The third kappa shape index (κ3) is 2.67. The molecule has 0 atom stereocenters. The predicted molar refractivity (Wildman–Crippen MR) is 59.6 cm³/mol. The minimum Gasteiger partial charge on any atom is -0.485 e. The molecule has 15 heavy (non-hydrogen) atoms. The number of rotatable bonds is 5. The van der Waals surface area contributed by atoms with Gasteiger partial charge in [0.2, 0.25) is 0 Å². The molecule has 1 aliphatic rings. The quantitative estimate of drug-likeness (QED) is 0.696. The Labute approximate surface area is 91.0 Å². The van der Waals surface area contributed by atoms with Crippen LogP contribution in [-0.2, 0) is 6.54 Å². The van der Waals surface area contributed by atoms with Gasteiger partial charge < -0.3 is 14.0 Å². The Bertz CT molecular complexity index is 283. The van der Waals surface area contributed by atoms with Crippen molar-refractivity contribution in [1.29, 1.82) is 0 Å². The molecule has 0 unspecified atom stereocenters. The van der Waals surface area contributed by atoms with Gasteiger partial charge in [-0.1, -0.05) is 26.2 Å². The molecule has 2 rings (SSSR count). The van der Waals surface area contributed by atoms with E-state index in [1.165, 1.54) is 25.7 Å². The maximum absolute atomic E-state index is 5.49. The molecule has 0 aromatic carbocycles. The first-order valence-electron chi connectivity index (χ1n) is 5.85. The number of ether oxygens (including phenoxy) is 2. The van der Waals surface area contributed by atoms with Crippen molar-refractivity contribution in [1.82, 2.24) is 4.57 Å². The highest BCUT2D eigenvalue weighted by molar-refractivity contribution is 5.38. The normalized spacial score (nSPS) is 14.2. The maximum atomic E-state index is 5.49. The Morgan fingerprint density at radius 3 is 2.33 bits per heavy atom. The highest BCUT2D eigenvalue weighted by Crippen LogP contribution is 2.30. The van der Waals surface area contributed by atoms with Gasteiger partial charge in [-0.25, -0.2) is 0 Å². The fourth-order valence-corrected chi connectivity index (χ4v) is 1.84. The molecular formula is C12H19NO2. The minimum absolute atomic E-state index is 0.673. The number of unbranched alkanes of at least 4 members (excludes halogenated alkanes) is 3. The fourth-order valence-electron chi connectivity index (χ4n) is 1.84. The van der Waals surface area contributed by atoms with Crippen molar-refractivity contribution >= 4 is 0 Å². The maximum Gasteiger partial charge on any atom is 0.179 e. The van der Waals surface area contributed by atoms with Crippen LogP contribution in [0.1, 0.15) is 32.6 Å². The van der Waals surface area contributed by atoms with Gasteiger partial charge in [0, 0.05) is 18.9 Å². The van der Waals surface area contributed by atoms with Crippen LogP contribution in [0, 0.1) is 0 Å². The third-order valence-electron chi connectivity index (χ3n) is 2.68. The monoisotopic (exact) mass is 209 g/mol. The topological polar surface area (TPSA) is 23.4 Å². The predicted octanol–water partition coefficient (Wildman–Crippen LogP) is 2.84. The molecule has 0 amide bonds. The molecule has 84 valence electrons. The second-order valence-corrected chi connectivity index (χ2v) is 3.98. The van der Waals surface area contributed by atoms with Gasteiger partial charge in [0.1, 0.15) is 13.2 Å². The zero-order valence-electron chi connectivity index (χ0n) is 9.37. The van der Waals surface area contributed by atoms with Gasteiger partial charge in [0.25, 0.3) is 0 Å². The van der Waals surface area contributed by atoms with E-state index in [-0.39, 0.29) is 0 Å². The van der Waals surface area contributed by atoms with Gasteiger partial charge in [-0.3, -0.25) is 0 Å². The molecule has 0 spiro atoms. The first-order valence-corrected chi connectivity index (χ1v) is 5.85. The lowest BCUT2D eigenvalue weighted by Crippen LogP contribution is -2.13. The SMILES string of the molecule is CCCCCCn1cc2c(c1)OCCO2. The zero-order chi connectivity index (χ0) is 10.5. The lowest BCUT2D eigenvalue weighted by molar-refractivity contribution is 0.173. The molecule has 3 heteroatoms. The Morgan fingerprint density at radius 2 is 1.73 bits per heavy atom.